The number of aliphatic carboxylic acids is 1. The van der Waals surface area contributed by atoms with Crippen LogP contribution >= 0.6 is 0 Å². The molecule has 1 aliphatic heterocycles. The molecule has 0 aromatic carbocycles. The third kappa shape index (κ3) is 3.45. The zero-order valence-electron chi connectivity index (χ0n) is 10.9. The highest BCUT2D eigenvalue weighted by atomic mass is 16.5. The van der Waals surface area contributed by atoms with Gasteiger partial charge in [0.05, 0.1) is 18.4 Å². The number of carbonyl (C=O) groups is 2. The smallest absolute Gasteiger partial charge is 0.307 e. The molecule has 3 N–H and O–H groups in total. The molecular formula is C13H21NO5. The molecule has 6 nitrogen and oxygen atoms in total. The average molecular weight is 271 g/mol. The summed E-state index contributed by atoms with van der Waals surface area (Å²) < 4.78 is 5.10. The SMILES string of the molecule is O=C(O)[C@H]1CCCC[C@H]1C(=O)NCC1(O)CCOC1. The molecule has 1 unspecified atom stereocenters. The summed E-state index contributed by atoms with van der Waals surface area (Å²) in [6.07, 6.45) is 3.41. The minimum absolute atomic E-state index is 0.134. The molecule has 0 radical (unpaired) electrons. The van der Waals surface area contributed by atoms with Crippen molar-refractivity contribution in [2.75, 3.05) is 19.8 Å². The number of carboxylic acid groups (broad SMARTS) is 1. The van der Waals surface area contributed by atoms with Crippen LogP contribution in [0.5, 0.6) is 0 Å². The van der Waals surface area contributed by atoms with Crippen molar-refractivity contribution >= 4 is 11.9 Å². The molecule has 0 aromatic rings. The van der Waals surface area contributed by atoms with Crippen LogP contribution < -0.4 is 5.32 Å². The van der Waals surface area contributed by atoms with E-state index < -0.39 is 23.4 Å². The maximum Gasteiger partial charge on any atom is 0.307 e. The molecule has 1 saturated heterocycles. The quantitative estimate of drug-likeness (QED) is 0.676. The Kier molecular flexibility index (Phi) is 4.42. The van der Waals surface area contributed by atoms with Crippen LogP contribution in [0.1, 0.15) is 32.1 Å². The van der Waals surface area contributed by atoms with Crippen molar-refractivity contribution in [3.8, 4) is 0 Å². The molecule has 1 heterocycles. The van der Waals surface area contributed by atoms with Gasteiger partial charge < -0.3 is 20.3 Å². The fraction of sp³-hybridized carbons (Fsp3) is 0.846. The Morgan fingerprint density at radius 1 is 1.26 bits per heavy atom. The van der Waals surface area contributed by atoms with Gasteiger partial charge in [0.2, 0.25) is 5.91 Å². The van der Waals surface area contributed by atoms with Crippen molar-refractivity contribution in [1.82, 2.24) is 5.32 Å². The molecule has 0 spiro atoms. The van der Waals surface area contributed by atoms with Crippen molar-refractivity contribution in [3.05, 3.63) is 0 Å². The van der Waals surface area contributed by atoms with Gasteiger partial charge in [-0.15, -0.1) is 0 Å². The zero-order chi connectivity index (χ0) is 13.9. The summed E-state index contributed by atoms with van der Waals surface area (Å²) in [5, 5.41) is 21.9. The highest BCUT2D eigenvalue weighted by molar-refractivity contribution is 5.84. The average Bonchev–Trinajstić information content (AvgIpc) is 2.83. The van der Waals surface area contributed by atoms with Gasteiger partial charge in [0.1, 0.15) is 5.60 Å². The zero-order valence-corrected chi connectivity index (χ0v) is 10.9. The van der Waals surface area contributed by atoms with Crippen LogP contribution in [0.25, 0.3) is 0 Å². The number of aliphatic hydroxyl groups is 1. The first kappa shape index (κ1) is 14.3. The molecule has 2 aliphatic rings. The molecule has 3 atom stereocenters. The Morgan fingerprint density at radius 2 is 1.95 bits per heavy atom. The Balaban J connectivity index is 1.89. The maximum atomic E-state index is 12.1. The van der Waals surface area contributed by atoms with Gasteiger partial charge in [-0.25, -0.2) is 0 Å². The maximum absolute atomic E-state index is 12.1. The van der Waals surface area contributed by atoms with Crippen molar-refractivity contribution in [2.45, 2.75) is 37.7 Å². The summed E-state index contributed by atoms with van der Waals surface area (Å²) >= 11 is 0. The van der Waals surface area contributed by atoms with Gasteiger partial charge in [0.25, 0.3) is 0 Å². The summed E-state index contributed by atoms with van der Waals surface area (Å²) in [5.41, 5.74) is -0.997. The monoisotopic (exact) mass is 271 g/mol. The Morgan fingerprint density at radius 3 is 2.53 bits per heavy atom. The fourth-order valence-electron chi connectivity index (χ4n) is 2.86. The topological polar surface area (TPSA) is 95.9 Å². The first-order chi connectivity index (χ1) is 9.02. The van der Waals surface area contributed by atoms with Gasteiger partial charge in [-0.1, -0.05) is 12.8 Å². The summed E-state index contributed by atoms with van der Waals surface area (Å²) in [4.78, 5) is 23.2. The lowest BCUT2D eigenvalue weighted by Gasteiger charge is -2.29. The standard InChI is InChI=1S/C13H21NO5/c15-11(14-7-13(18)5-6-19-8-13)9-3-1-2-4-10(9)12(16)17/h9-10,18H,1-8H2,(H,14,15)(H,16,17)/t9-,10+,13?/m1/s1. The first-order valence-corrected chi connectivity index (χ1v) is 6.82. The molecule has 0 aromatic heterocycles. The van der Waals surface area contributed by atoms with E-state index >= 15 is 0 Å². The second kappa shape index (κ2) is 5.88. The number of carboxylic acids is 1. The van der Waals surface area contributed by atoms with E-state index in [2.05, 4.69) is 5.32 Å². The van der Waals surface area contributed by atoms with Crippen molar-refractivity contribution in [1.29, 1.82) is 0 Å². The second-order valence-electron chi connectivity index (χ2n) is 5.58. The van der Waals surface area contributed by atoms with Crippen molar-refractivity contribution in [2.24, 2.45) is 11.8 Å². The molecule has 0 bridgehead atoms. The molecule has 1 aliphatic carbocycles. The van der Waals surface area contributed by atoms with Gasteiger partial charge in [0, 0.05) is 19.6 Å². The second-order valence-corrected chi connectivity index (χ2v) is 5.58. The molecule has 2 fully saturated rings. The molecule has 6 heteroatoms. The van der Waals surface area contributed by atoms with Crippen LogP contribution in [0, 0.1) is 11.8 Å². The Bertz CT molecular complexity index is 351. The number of ether oxygens (including phenoxy) is 1. The third-order valence-electron chi connectivity index (χ3n) is 4.09. The molecule has 108 valence electrons. The number of carbonyl (C=O) groups excluding carboxylic acids is 1. The number of hydrogen-bond donors (Lipinski definition) is 3. The lowest BCUT2D eigenvalue weighted by molar-refractivity contribution is -0.149. The highest BCUT2D eigenvalue weighted by Gasteiger charge is 2.38. The van der Waals surface area contributed by atoms with Crippen LogP contribution in [-0.4, -0.2) is 47.4 Å². The van der Waals surface area contributed by atoms with E-state index in [1.54, 1.807) is 0 Å². The molecule has 1 amide bonds. The van der Waals surface area contributed by atoms with Crippen LogP contribution in [-0.2, 0) is 14.3 Å². The minimum atomic E-state index is -0.997. The molecule has 19 heavy (non-hydrogen) atoms. The highest BCUT2D eigenvalue weighted by Crippen LogP contribution is 2.30. The van der Waals surface area contributed by atoms with E-state index in [4.69, 9.17) is 9.84 Å². The van der Waals surface area contributed by atoms with E-state index in [1.165, 1.54) is 0 Å². The number of nitrogens with one attached hydrogen (secondary N) is 1. The molecular weight excluding hydrogens is 250 g/mol. The predicted molar refractivity (Wildman–Crippen MR) is 66.5 cm³/mol. The minimum Gasteiger partial charge on any atom is -0.481 e. The first-order valence-electron chi connectivity index (χ1n) is 6.82. The van der Waals surface area contributed by atoms with Crippen LogP contribution in [0.4, 0.5) is 0 Å². The van der Waals surface area contributed by atoms with Gasteiger partial charge in [0.15, 0.2) is 0 Å². The summed E-state index contributed by atoms with van der Waals surface area (Å²) in [7, 11) is 0. The molecule has 2 rings (SSSR count). The Hall–Kier alpha value is -1.14. The van der Waals surface area contributed by atoms with Crippen LogP contribution in [0.15, 0.2) is 0 Å². The van der Waals surface area contributed by atoms with E-state index in [0.29, 0.717) is 25.9 Å². The fourth-order valence-corrected chi connectivity index (χ4v) is 2.86. The van der Waals surface area contributed by atoms with Crippen molar-refractivity contribution in [3.63, 3.8) is 0 Å². The lowest BCUT2D eigenvalue weighted by atomic mass is 9.78. The van der Waals surface area contributed by atoms with Gasteiger partial charge in [-0.2, -0.15) is 0 Å². The van der Waals surface area contributed by atoms with Gasteiger partial charge >= 0.3 is 5.97 Å². The normalized spacial score (nSPS) is 35.0. The largest absolute Gasteiger partial charge is 0.481 e. The van der Waals surface area contributed by atoms with E-state index in [9.17, 15) is 14.7 Å². The summed E-state index contributed by atoms with van der Waals surface area (Å²) in [5.74, 6) is -2.23. The van der Waals surface area contributed by atoms with E-state index in [1.807, 2.05) is 0 Å². The number of rotatable bonds is 4. The third-order valence-corrected chi connectivity index (χ3v) is 4.09. The van der Waals surface area contributed by atoms with Gasteiger partial charge in [-0.05, 0) is 12.8 Å². The predicted octanol–water partition coefficient (Wildman–Crippen LogP) is 0.145. The Labute approximate surface area is 112 Å². The van der Waals surface area contributed by atoms with E-state index in [0.717, 1.165) is 12.8 Å². The molecule has 1 saturated carbocycles. The van der Waals surface area contributed by atoms with Crippen LogP contribution in [0.2, 0.25) is 0 Å². The lowest BCUT2D eigenvalue weighted by Crippen LogP contribution is -2.47. The van der Waals surface area contributed by atoms with E-state index in [-0.39, 0.29) is 19.1 Å². The summed E-state index contributed by atoms with van der Waals surface area (Å²) in [6.45, 7) is 0.850. The number of hydrogen-bond acceptors (Lipinski definition) is 4. The van der Waals surface area contributed by atoms with Crippen LogP contribution in [0.3, 0.4) is 0 Å². The number of amides is 1. The van der Waals surface area contributed by atoms with Crippen molar-refractivity contribution < 1.29 is 24.5 Å². The summed E-state index contributed by atoms with van der Waals surface area (Å²) in [6, 6.07) is 0. The van der Waals surface area contributed by atoms with Gasteiger partial charge in [-0.3, -0.25) is 9.59 Å².